The summed E-state index contributed by atoms with van der Waals surface area (Å²) in [5.74, 6) is -1.20. The molecule has 6 heteroatoms. The van der Waals surface area contributed by atoms with Gasteiger partial charge in [-0.1, -0.05) is 0 Å². The Kier molecular flexibility index (Phi) is 4.34. The average Bonchev–Trinajstić information content (AvgIpc) is 2.39. The van der Waals surface area contributed by atoms with Gasteiger partial charge < -0.3 is 20.1 Å². The molecule has 0 bridgehead atoms. The Bertz CT molecular complexity index is 467. The number of benzene rings is 1. The Morgan fingerprint density at radius 3 is 3.11 bits per heavy atom. The second-order valence-electron chi connectivity index (χ2n) is 4.59. The van der Waals surface area contributed by atoms with Gasteiger partial charge in [-0.25, -0.2) is 9.18 Å². The molecular weight excluding hydrogens is 251 g/mol. The largest absolute Gasteiger partial charge is 0.459 e. The normalized spacial score (nSPS) is 20.2. The van der Waals surface area contributed by atoms with Gasteiger partial charge >= 0.3 is 5.97 Å². The van der Waals surface area contributed by atoms with Crippen LogP contribution in [0.25, 0.3) is 0 Å². The van der Waals surface area contributed by atoms with Crippen LogP contribution in [0.3, 0.4) is 0 Å². The summed E-state index contributed by atoms with van der Waals surface area (Å²) in [5, 5.41) is 0. The van der Waals surface area contributed by atoms with Crippen LogP contribution < -0.4 is 5.73 Å². The minimum Gasteiger partial charge on any atom is -0.459 e. The number of nitrogens with zero attached hydrogens (tertiary/aromatic N) is 1. The van der Waals surface area contributed by atoms with E-state index in [4.69, 9.17) is 15.2 Å². The lowest BCUT2D eigenvalue weighted by Crippen LogP contribution is -2.42. The van der Waals surface area contributed by atoms with Crippen LogP contribution in [0.1, 0.15) is 10.4 Å². The minimum absolute atomic E-state index is 0.00814. The first kappa shape index (κ1) is 13.8. The number of morpholine rings is 1. The van der Waals surface area contributed by atoms with Gasteiger partial charge in [-0.3, -0.25) is 0 Å². The predicted molar refractivity (Wildman–Crippen MR) is 68.3 cm³/mol. The van der Waals surface area contributed by atoms with E-state index in [2.05, 4.69) is 4.90 Å². The van der Waals surface area contributed by atoms with Gasteiger partial charge in [0, 0.05) is 13.1 Å². The standard InChI is InChI=1S/C13H17FN2O3/c1-16-4-5-18-10(7-16)8-19-13(17)9-2-3-12(15)11(14)6-9/h2-3,6,10H,4-5,7-8,15H2,1H3. The van der Waals surface area contributed by atoms with Crippen molar-refractivity contribution < 1.29 is 18.7 Å². The number of ether oxygens (including phenoxy) is 2. The van der Waals surface area contributed by atoms with E-state index in [1.807, 2.05) is 7.05 Å². The van der Waals surface area contributed by atoms with Crippen molar-refractivity contribution in [2.24, 2.45) is 0 Å². The second kappa shape index (κ2) is 5.99. The molecule has 2 rings (SSSR count). The fourth-order valence-corrected chi connectivity index (χ4v) is 1.87. The third-order valence-corrected chi connectivity index (χ3v) is 2.98. The average molecular weight is 268 g/mol. The van der Waals surface area contributed by atoms with Gasteiger partial charge in [-0.2, -0.15) is 0 Å². The molecule has 0 radical (unpaired) electrons. The molecular formula is C13H17FN2O3. The van der Waals surface area contributed by atoms with Crippen LogP contribution in [0.5, 0.6) is 0 Å². The zero-order valence-electron chi connectivity index (χ0n) is 10.8. The zero-order valence-corrected chi connectivity index (χ0v) is 10.8. The molecule has 1 atom stereocenters. The zero-order chi connectivity index (χ0) is 13.8. The van der Waals surface area contributed by atoms with Crippen LogP contribution in [-0.2, 0) is 9.47 Å². The number of nitrogen functional groups attached to an aromatic ring is 1. The van der Waals surface area contributed by atoms with Crippen molar-refractivity contribution in [2.45, 2.75) is 6.10 Å². The van der Waals surface area contributed by atoms with E-state index in [-0.39, 0.29) is 24.0 Å². The van der Waals surface area contributed by atoms with Gasteiger partial charge in [0.1, 0.15) is 18.5 Å². The molecule has 1 unspecified atom stereocenters. The number of carbonyl (C=O) groups is 1. The number of halogens is 1. The summed E-state index contributed by atoms with van der Waals surface area (Å²) in [6.07, 6.45) is -0.138. The van der Waals surface area contributed by atoms with Gasteiger partial charge in [0.15, 0.2) is 0 Å². The molecule has 0 saturated carbocycles. The Labute approximate surface area is 111 Å². The van der Waals surface area contributed by atoms with Crippen molar-refractivity contribution in [2.75, 3.05) is 39.1 Å². The number of esters is 1. The summed E-state index contributed by atoms with van der Waals surface area (Å²) in [5.41, 5.74) is 5.50. The highest BCUT2D eigenvalue weighted by molar-refractivity contribution is 5.89. The first-order valence-corrected chi connectivity index (χ1v) is 6.08. The van der Waals surface area contributed by atoms with Crippen molar-refractivity contribution >= 4 is 11.7 Å². The van der Waals surface area contributed by atoms with E-state index in [1.165, 1.54) is 12.1 Å². The number of likely N-dealkylation sites (N-methyl/N-ethyl adjacent to an activating group) is 1. The number of rotatable bonds is 3. The fraction of sp³-hybridized carbons (Fsp3) is 0.462. The molecule has 1 aromatic carbocycles. The molecule has 1 aliphatic heterocycles. The fourth-order valence-electron chi connectivity index (χ4n) is 1.87. The van der Waals surface area contributed by atoms with E-state index < -0.39 is 11.8 Å². The second-order valence-corrected chi connectivity index (χ2v) is 4.59. The van der Waals surface area contributed by atoms with Crippen LogP contribution >= 0.6 is 0 Å². The molecule has 0 amide bonds. The predicted octanol–water partition coefficient (Wildman–Crippen LogP) is 0.895. The molecule has 5 nitrogen and oxygen atoms in total. The molecule has 0 aromatic heterocycles. The molecule has 1 saturated heterocycles. The SMILES string of the molecule is CN1CCOC(COC(=O)c2ccc(N)c(F)c2)C1. The number of hydrogen-bond acceptors (Lipinski definition) is 5. The summed E-state index contributed by atoms with van der Waals surface area (Å²) in [6.45, 7) is 2.36. The number of hydrogen-bond donors (Lipinski definition) is 1. The lowest BCUT2D eigenvalue weighted by Gasteiger charge is -2.29. The monoisotopic (exact) mass is 268 g/mol. The van der Waals surface area contributed by atoms with Crippen LogP contribution in [0.4, 0.5) is 10.1 Å². The molecule has 1 fully saturated rings. The van der Waals surface area contributed by atoms with Crippen molar-refractivity contribution in [1.82, 2.24) is 4.90 Å². The van der Waals surface area contributed by atoms with Gasteiger partial charge in [0.05, 0.1) is 17.9 Å². The number of nitrogens with two attached hydrogens (primary N) is 1. The van der Waals surface area contributed by atoms with Crippen LogP contribution in [0, 0.1) is 5.82 Å². The highest BCUT2D eigenvalue weighted by atomic mass is 19.1. The van der Waals surface area contributed by atoms with E-state index in [0.717, 1.165) is 12.6 Å². The summed E-state index contributed by atoms with van der Waals surface area (Å²) >= 11 is 0. The van der Waals surface area contributed by atoms with E-state index in [0.29, 0.717) is 13.2 Å². The van der Waals surface area contributed by atoms with E-state index in [1.54, 1.807) is 0 Å². The van der Waals surface area contributed by atoms with Gasteiger partial charge in [-0.05, 0) is 25.2 Å². The highest BCUT2D eigenvalue weighted by Crippen LogP contribution is 2.13. The van der Waals surface area contributed by atoms with Crippen LogP contribution in [0.2, 0.25) is 0 Å². The van der Waals surface area contributed by atoms with Crippen LogP contribution in [-0.4, -0.2) is 50.3 Å². The first-order valence-electron chi connectivity index (χ1n) is 6.08. The molecule has 0 aliphatic carbocycles. The molecule has 1 aromatic rings. The van der Waals surface area contributed by atoms with E-state index >= 15 is 0 Å². The maximum absolute atomic E-state index is 13.2. The van der Waals surface area contributed by atoms with Crippen molar-refractivity contribution in [3.8, 4) is 0 Å². The third kappa shape index (κ3) is 3.65. The maximum Gasteiger partial charge on any atom is 0.338 e. The summed E-state index contributed by atoms with van der Waals surface area (Å²) in [4.78, 5) is 13.8. The molecule has 2 N–H and O–H groups in total. The third-order valence-electron chi connectivity index (χ3n) is 2.98. The molecule has 0 spiro atoms. The minimum atomic E-state index is -0.622. The van der Waals surface area contributed by atoms with Crippen LogP contribution in [0.15, 0.2) is 18.2 Å². The molecule has 104 valence electrons. The summed E-state index contributed by atoms with van der Waals surface area (Å²) in [6, 6.07) is 3.86. The molecule has 1 heterocycles. The lowest BCUT2D eigenvalue weighted by atomic mass is 10.2. The molecule has 19 heavy (non-hydrogen) atoms. The number of carbonyl (C=O) groups excluding carboxylic acids is 1. The van der Waals surface area contributed by atoms with Crippen molar-refractivity contribution in [3.05, 3.63) is 29.6 Å². The van der Waals surface area contributed by atoms with Gasteiger partial charge in [-0.15, -0.1) is 0 Å². The molecule has 1 aliphatic rings. The number of anilines is 1. The van der Waals surface area contributed by atoms with Crippen molar-refractivity contribution in [3.63, 3.8) is 0 Å². The lowest BCUT2D eigenvalue weighted by molar-refractivity contribution is -0.0528. The summed E-state index contributed by atoms with van der Waals surface area (Å²) in [7, 11) is 1.98. The highest BCUT2D eigenvalue weighted by Gasteiger charge is 2.20. The maximum atomic E-state index is 13.2. The smallest absolute Gasteiger partial charge is 0.338 e. The first-order chi connectivity index (χ1) is 9.06. The van der Waals surface area contributed by atoms with Crippen molar-refractivity contribution in [1.29, 1.82) is 0 Å². The topological polar surface area (TPSA) is 64.8 Å². The Morgan fingerprint density at radius 1 is 1.63 bits per heavy atom. The quantitative estimate of drug-likeness (QED) is 0.651. The van der Waals surface area contributed by atoms with Gasteiger partial charge in [0.25, 0.3) is 0 Å². The Morgan fingerprint density at radius 2 is 2.42 bits per heavy atom. The Hall–Kier alpha value is -1.66. The Balaban J connectivity index is 1.88. The van der Waals surface area contributed by atoms with Gasteiger partial charge in [0.2, 0.25) is 0 Å². The van der Waals surface area contributed by atoms with E-state index in [9.17, 15) is 9.18 Å². The summed E-state index contributed by atoms with van der Waals surface area (Å²) < 4.78 is 23.8.